The molecule has 0 aliphatic carbocycles. The molecule has 3 aromatic heterocycles. The highest BCUT2D eigenvalue weighted by Gasteiger charge is 2.35. The second-order valence-corrected chi connectivity index (χ2v) is 11.2. The summed E-state index contributed by atoms with van der Waals surface area (Å²) in [5.74, 6) is -0.484. The summed E-state index contributed by atoms with van der Waals surface area (Å²) in [6, 6.07) is 6.44. The number of allylic oxidation sites excluding steroid dienone is 2. The number of fused-ring (bicyclic) bond motifs is 1. The quantitative estimate of drug-likeness (QED) is 0.111. The first-order valence-corrected chi connectivity index (χ1v) is 15.0. The molecule has 6 rings (SSSR count). The molecular formula is C33H33F4N7O3. The summed E-state index contributed by atoms with van der Waals surface area (Å²) in [7, 11) is 1.50. The fourth-order valence-corrected chi connectivity index (χ4v) is 5.44. The van der Waals surface area contributed by atoms with Crippen molar-refractivity contribution < 1.29 is 31.8 Å². The van der Waals surface area contributed by atoms with E-state index in [1.165, 1.54) is 13.2 Å². The summed E-state index contributed by atoms with van der Waals surface area (Å²) in [6.07, 6.45) is 4.05. The number of alkyl halides is 3. The van der Waals surface area contributed by atoms with Gasteiger partial charge in [0.05, 0.1) is 43.5 Å². The number of pyridine rings is 1. The molecule has 1 saturated heterocycles. The molecule has 47 heavy (non-hydrogen) atoms. The molecule has 2 aliphatic heterocycles. The van der Waals surface area contributed by atoms with Crippen LogP contribution >= 0.6 is 0 Å². The van der Waals surface area contributed by atoms with Gasteiger partial charge in [0.1, 0.15) is 23.9 Å². The number of imidazole rings is 1. The summed E-state index contributed by atoms with van der Waals surface area (Å²) >= 11 is 0. The molecule has 1 N–H and O–H groups in total. The molecule has 1 aromatic carbocycles. The second kappa shape index (κ2) is 13.5. The first-order chi connectivity index (χ1) is 22.6. The molecule has 1 fully saturated rings. The average Bonchev–Trinajstić information content (AvgIpc) is 3.67. The van der Waals surface area contributed by atoms with Crippen LogP contribution in [0.15, 0.2) is 73.2 Å². The fourth-order valence-electron chi connectivity index (χ4n) is 5.44. The number of hydrogen-bond donors (Lipinski definition) is 1. The Morgan fingerprint density at radius 3 is 2.72 bits per heavy atom. The molecule has 246 valence electrons. The average molecular weight is 652 g/mol. The summed E-state index contributed by atoms with van der Waals surface area (Å²) in [5, 5.41) is 5.63. The molecular weight excluding hydrogens is 618 g/mol. The van der Waals surface area contributed by atoms with E-state index in [2.05, 4.69) is 43.8 Å². The zero-order valence-corrected chi connectivity index (χ0v) is 25.7. The molecule has 0 saturated carbocycles. The van der Waals surface area contributed by atoms with Crippen LogP contribution in [0.25, 0.3) is 28.1 Å². The largest absolute Gasteiger partial charge is 0.497 e. The van der Waals surface area contributed by atoms with E-state index in [1.807, 2.05) is 5.10 Å². The van der Waals surface area contributed by atoms with E-state index in [0.29, 0.717) is 43.1 Å². The Labute approximate surface area is 268 Å². The van der Waals surface area contributed by atoms with Crippen molar-refractivity contribution in [1.29, 1.82) is 0 Å². The van der Waals surface area contributed by atoms with Gasteiger partial charge in [-0.2, -0.15) is 18.3 Å². The van der Waals surface area contributed by atoms with Crippen molar-refractivity contribution in [1.82, 2.24) is 34.6 Å². The van der Waals surface area contributed by atoms with Crippen LogP contribution in [0.1, 0.15) is 30.1 Å². The normalized spacial score (nSPS) is 17.3. The van der Waals surface area contributed by atoms with E-state index in [0.717, 1.165) is 41.9 Å². The van der Waals surface area contributed by atoms with Crippen molar-refractivity contribution in [3.63, 3.8) is 0 Å². The minimum Gasteiger partial charge on any atom is -0.497 e. The highest BCUT2D eigenvalue weighted by atomic mass is 19.4. The molecule has 0 unspecified atom stereocenters. The van der Waals surface area contributed by atoms with Crippen molar-refractivity contribution in [3.8, 4) is 17.3 Å². The fraction of sp³-hybridized carbons (Fsp3) is 0.333. The van der Waals surface area contributed by atoms with Gasteiger partial charge >= 0.3 is 6.18 Å². The van der Waals surface area contributed by atoms with Gasteiger partial charge in [-0.3, -0.25) is 15.0 Å². The number of hydrogen-bond acceptors (Lipinski definition) is 8. The molecule has 5 heterocycles. The maximum Gasteiger partial charge on any atom is 0.451 e. The zero-order chi connectivity index (χ0) is 33.1. The number of nitrogens with one attached hydrogen (secondary N) is 1. The predicted molar refractivity (Wildman–Crippen MR) is 166 cm³/mol. The Balaban J connectivity index is 1.18. The number of nitrogens with zero attached hydrogens (tertiary/aromatic N) is 6. The van der Waals surface area contributed by atoms with Crippen LogP contribution in [0, 0.1) is 5.82 Å². The Morgan fingerprint density at radius 1 is 1.23 bits per heavy atom. The van der Waals surface area contributed by atoms with Crippen LogP contribution in [-0.4, -0.2) is 74.1 Å². The molecule has 10 nitrogen and oxygen atoms in total. The number of methoxy groups -OCH3 is 1. The van der Waals surface area contributed by atoms with Crippen LogP contribution in [0.2, 0.25) is 0 Å². The summed E-state index contributed by atoms with van der Waals surface area (Å²) in [6.45, 7) is 10.8. The molecule has 0 spiro atoms. The topological polar surface area (TPSA) is 103 Å². The van der Waals surface area contributed by atoms with E-state index in [1.54, 1.807) is 36.5 Å². The number of H-pyrrole nitrogens is 1. The summed E-state index contributed by atoms with van der Waals surface area (Å²) in [4.78, 5) is 15.0. The van der Waals surface area contributed by atoms with Crippen LogP contribution in [0.3, 0.4) is 0 Å². The maximum absolute atomic E-state index is 14.7. The second-order valence-electron chi connectivity index (χ2n) is 11.2. The molecule has 14 heteroatoms. The molecule has 4 aromatic rings. The van der Waals surface area contributed by atoms with Gasteiger partial charge in [0.25, 0.3) is 0 Å². The minimum atomic E-state index is -4.64. The van der Waals surface area contributed by atoms with Crippen molar-refractivity contribution in [3.05, 3.63) is 96.2 Å². The molecule has 1 atom stereocenters. The van der Waals surface area contributed by atoms with Crippen molar-refractivity contribution >= 4 is 16.6 Å². The summed E-state index contributed by atoms with van der Waals surface area (Å²) in [5.41, 5.74) is 4.10. The number of halogens is 4. The first-order valence-electron chi connectivity index (χ1n) is 15.0. The molecule has 0 bridgehead atoms. The predicted octanol–water partition coefficient (Wildman–Crippen LogP) is 6.10. The number of benzene rings is 1. The van der Waals surface area contributed by atoms with Gasteiger partial charge in [0.15, 0.2) is 17.4 Å². The van der Waals surface area contributed by atoms with E-state index < -0.39 is 17.8 Å². The SMILES string of the molecule is C=C/C=C(/COc1cc(C2=CCN(Cc3nc4cc(-c5n[nH]c(C(F)(F)F)n5)ncc4n3C[C@@H]3CCO3)CC2)ccc1F)C(=C)OC. The van der Waals surface area contributed by atoms with E-state index in [4.69, 9.17) is 19.2 Å². The van der Waals surface area contributed by atoms with Gasteiger partial charge in [-0.05, 0) is 42.2 Å². The van der Waals surface area contributed by atoms with Gasteiger partial charge < -0.3 is 18.8 Å². The molecule has 2 aliphatic rings. The third-order valence-corrected chi connectivity index (χ3v) is 8.14. The lowest BCUT2D eigenvalue weighted by Gasteiger charge is -2.29. The van der Waals surface area contributed by atoms with Gasteiger partial charge in [-0.25, -0.2) is 14.4 Å². The lowest BCUT2D eigenvalue weighted by atomic mass is 9.99. The van der Waals surface area contributed by atoms with Gasteiger partial charge in [-0.15, -0.1) is 0 Å². The Bertz CT molecular complexity index is 1860. The lowest BCUT2D eigenvalue weighted by Crippen LogP contribution is -2.33. The van der Waals surface area contributed by atoms with E-state index in [9.17, 15) is 17.6 Å². The van der Waals surface area contributed by atoms with Crippen LogP contribution in [-0.2, 0) is 28.7 Å². The number of rotatable bonds is 12. The highest BCUT2D eigenvalue weighted by Crippen LogP contribution is 2.31. The Kier molecular flexibility index (Phi) is 9.23. The third-order valence-electron chi connectivity index (χ3n) is 8.14. The Morgan fingerprint density at radius 2 is 2.06 bits per heavy atom. The first kappa shape index (κ1) is 32.1. The lowest BCUT2D eigenvalue weighted by molar-refractivity contribution is -0.144. The van der Waals surface area contributed by atoms with Gasteiger partial charge in [0, 0.05) is 25.3 Å². The minimum absolute atomic E-state index is 0.0480. The van der Waals surface area contributed by atoms with Gasteiger partial charge in [0.2, 0.25) is 5.82 Å². The number of aromatic amines is 1. The third kappa shape index (κ3) is 7.13. The standard InChI is InChI=1S/C33H33F4N7O3/c1-4-5-23(20(2)45-3)19-47-29-14-22(6-7-25(29)34)21-8-11-43(12-9-21)18-30-39-26-15-27(31-40-32(42-41-31)33(35,36)37)38-16-28(26)44(30)17-24-10-13-46-24/h4-8,14-16,24H,1-2,9-13,17-19H2,3H3,(H,40,41,42)/b23-5-/t24-/m0/s1. The Hall–Kier alpha value is -4.82. The smallest absolute Gasteiger partial charge is 0.451 e. The van der Waals surface area contributed by atoms with Crippen molar-refractivity contribution in [2.45, 2.75) is 38.2 Å². The zero-order valence-electron chi connectivity index (χ0n) is 25.7. The van der Waals surface area contributed by atoms with E-state index >= 15 is 0 Å². The maximum atomic E-state index is 14.7. The highest BCUT2D eigenvalue weighted by molar-refractivity contribution is 5.79. The van der Waals surface area contributed by atoms with Crippen LogP contribution in [0.4, 0.5) is 17.6 Å². The van der Waals surface area contributed by atoms with Crippen molar-refractivity contribution in [2.75, 3.05) is 33.4 Å². The number of aromatic nitrogens is 6. The monoisotopic (exact) mass is 651 g/mol. The number of ether oxygens (including phenoxy) is 3. The van der Waals surface area contributed by atoms with Gasteiger partial charge in [-0.1, -0.05) is 37.5 Å². The summed E-state index contributed by atoms with van der Waals surface area (Å²) < 4.78 is 72.6. The van der Waals surface area contributed by atoms with Crippen LogP contribution in [0.5, 0.6) is 5.75 Å². The molecule has 0 radical (unpaired) electrons. The van der Waals surface area contributed by atoms with Crippen molar-refractivity contribution in [2.24, 2.45) is 0 Å². The van der Waals surface area contributed by atoms with Crippen LogP contribution < -0.4 is 4.74 Å². The molecule has 0 amide bonds. The van der Waals surface area contributed by atoms with E-state index in [-0.39, 0.29) is 30.0 Å².